The maximum atomic E-state index is 13.4. The van der Waals surface area contributed by atoms with Gasteiger partial charge in [-0.3, -0.25) is 4.79 Å². The molecule has 4 nitrogen and oxygen atoms in total. The Morgan fingerprint density at radius 1 is 0.933 bits per heavy atom. The minimum absolute atomic E-state index is 0.151. The van der Waals surface area contributed by atoms with Gasteiger partial charge < -0.3 is 4.42 Å². The third kappa shape index (κ3) is 4.26. The number of carbonyl (C=O) groups excluding carboxylic acids is 1. The summed E-state index contributed by atoms with van der Waals surface area (Å²) in [6, 6.07) is 22.0. The highest BCUT2D eigenvalue weighted by Gasteiger charge is 2.34. The van der Waals surface area contributed by atoms with Crippen LogP contribution in [0.5, 0.6) is 0 Å². The topological polar surface area (TPSA) is 64.3 Å². The van der Waals surface area contributed by atoms with E-state index in [1.165, 1.54) is 23.5 Å². The van der Waals surface area contributed by atoms with Gasteiger partial charge in [-0.2, -0.15) is 0 Å². The predicted molar refractivity (Wildman–Crippen MR) is 119 cm³/mol. The number of hydrogen-bond acceptors (Lipinski definition) is 5. The van der Waals surface area contributed by atoms with Crippen LogP contribution in [0, 0.1) is 0 Å². The molecule has 0 fully saturated rings. The number of thiophene rings is 1. The van der Waals surface area contributed by atoms with Gasteiger partial charge in [-0.05, 0) is 60.0 Å². The molecule has 2 aromatic carbocycles. The van der Waals surface area contributed by atoms with E-state index in [1.807, 2.05) is 0 Å². The molecule has 0 amide bonds. The Kier molecular flexibility index (Phi) is 5.90. The fourth-order valence-electron chi connectivity index (χ4n) is 3.14. The van der Waals surface area contributed by atoms with E-state index in [9.17, 15) is 13.2 Å². The van der Waals surface area contributed by atoms with Gasteiger partial charge in [-0.25, -0.2) is 8.42 Å². The van der Waals surface area contributed by atoms with Crippen molar-refractivity contribution in [2.24, 2.45) is 0 Å². The fourth-order valence-corrected chi connectivity index (χ4v) is 5.61. The molecule has 7 heteroatoms. The number of sulfone groups is 1. The van der Waals surface area contributed by atoms with E-state index in [0.29, 0.717) is 15.7 Å². The van der Waals surface area contributed by atoms with Crippen LogP contribution in [0.3, 0.4) is 0 Å². The second kappa shape index (κ2) is 8.60. The lowest BCUT2D eigenvalue weighted by atomic mass is 10.1. The molecule has 0 saturated carbocycles. The van der Waals surface area contributed by atoms with Gasteiger partial charge in [0.25, 0.3) is 0 Å². The van der Waals surface area contributed by atoms with Crippen LogP contribution in [0.2, 0.25) is 5.02 Å². The highest BCUT2D eigenvalue weighted by molar-refractivity contribution is 7.91. The highest BCUT2D eigenvalue weighted by atomic mass is 35.5. The van der Waals surface area contributed by atoms with Crippen LogP contribution in [0.4, 0.5) is 0 Å². The monoisotopic (exact) mass is 456 g/mol. The first-order chi connectivity index (χ1) is 14.4. The summed E-state index contributed by atoms with van der Waals surface area (Å²) in [5, 5.41) is 1.26. The number of furan rings is 1. The normalized spacial score (nSPS) is 12.6. The van der Waals surface area contributed by atoms with Crippen molar-refractivity contribution in [2.75, 3.05) is 0 Å². The second-order valence-corrected chi connectivity index (χ2v) is 10.2. The van der Waals surface area contributed by atoms with Crippen LogP contribution in [-0.2, 0) is 9.84 Å². The highest BCUT2D eigenvalue weighted by Crippen LogP contribution is 2.36. The lowest BCUT2D eigenvalue weighted by Crippen LogP contribution is -2.17. The molecular weight excluding hydrogens is 440 g/mol. The van der Waals surface area contributed by atoms with Crippen molar-refractivity contribution in [3.63, 3.8) is 0 Å². The van der Waals surface area contributed by atoms with Gasteiger partial charge in [0.05, 0.1) is 9.77 Å². The van der Waals surface area contributed by atoms with Gasteiger partial charge in [0, 0.05) is 17.0 Å². The standard InChI is InChI=1S/C23H17ClO4S2/c24-17-10-8-16(9-11-17)20-12-13-21(28-20)23(15-19(25)22-7-4-14-29-22)30(26,27)18-5-2-1-3-6-18/h1-14,23H,15H2. The lowest BCUT2D eigenvalue weighted by Gasteiger charge is -2.15. The van der Waals surface area contributed by atoms with Crippen LogP contribution in [0.15, 0.2) is 93.6 Å². The molecule has 152 valence electrons. The van der Waals surface area contributed by atoms with Gasteiger partial charge >= 0.3 is 0 Å². The summed E-state index contributed by atoms with van der Waals surface area (Å²) >= 11 is 7.23. The SMILES string of the molecule is O=C(CC(c1ccc(-c2ccc(Cl)cc2)o1)S(=O)(=O)c1ccccc1)c1cccs1. The molecule has 0 radical (unpaired) electrons. The Morgan fingerprint density at radius 2 is 1.67 bits per heavy atom. The number of Topliss-reactive ketones (excluding diaryl/α,β-unsaturated/α-hetero) is 1. The van der Waals surface area contributed by atoms with Gasteiger partial charge in [-0.15, -0.1) is 11.3 Å². The third-order valence-electron chi connectivity index (χ3n) is 4.69. The van der Waals surface area contributed by atoms with Crippen molar-refractivity contribution in [2.45, 2.75) is 16.6 Å². The Labute approximate surface area is 183 Å². The zero-order valence-electron chi connectivity index (χ0n) is 15.7. The Bertz CT molecular complexity index is 1240. The maximum Gasteiger partial charge on any atom is 0.188 e. The summed E-state index contributed by atoms with van der Waals surface area (Å²) in [5.74, 6) is 0.506. The van der Waals surface area contributed by atoms with Gasteiger partial charge in [-0.1, -0.05) is 35.9 Å². The molecule has 0 aliphatic carbocycles. The molecule has 4 aromatic rings. The summed E-state index contributed by atoms with van der Waals surface area (Å²) in [6.07, 6.45) is -0.203. The summed E-state index contributed by atoms with van der Waals surface area (Å²) in [4.78, 5) is 13.4. The summed E-state index contributed by atoms with van der Waals surface area (Å²) in [5.41, 5.74) is 0.770. The van der Waals surface area contributed by atoms with E-state index in [-0.39, 0.29) is 22.9 Å². The summed E-state index contributed by atoms with van der Waals surface area (Å²) < 4.78 is 32.7. The molecule has 0 spiro atoms. The first kappa shape index (κ1) is 20.6. The number of rotatable bonds is 7. The minimum atomic E-state index is -3.85. The van der Waals surface area contributed by atoms with E-state index < -0.39 is 15.1 Å². The van der Waals surface area contributed by atoms with E-state index in [2.05, 4.69) is 0 Å². The van der Waals surface area contributed by atoms with Crippen LogP contribution >= 0.6 is 22.9 Å². The average Bonchev–Trinajstić information content (AvgIpc) is 3.45. The molecule has 4 rings (SSSR count). The molecule has 0 N–H and O–H groups in total. The van der Waals surface area contributed by atoms with Gasteiger partial charge in [0.1, 0.15) is 16.8 Å². The van der Waals surface area contributed by atoms with Crippen molar-refractivity contribution in [1.29, 1.82) is 0 Å². The summed E-state index contributed by atoms with van der Waals surface area (Å²) in [6.45, 7) is 0. The molecule has 1 unspecified atom stereocenters. The van der Waals surface area contributed by atoms with E-state index in [1.54, 1.807) is 72.1 Å². The zero-order chi connectivity index (χ0) is 21.1. The first-order valence-electron chi connectivity index (χ1n) is 9.16. The van der Waals surface area contributed by atoms with Crippen molar-refractivity contribution in [3.05, 3.63) is 99.9 Å². The van der Waals surface area contributed by atoms with Crippen molar-refractivity contribution < 1.29 is 17.6 Å². The Balaban J connectivity index is 1.74. The molecule has 1 atom stereocenters. The first-order valence-corrected chi connectivity index (χ1v) is 12.0. The average molecular weight is 457 g/mol. The van der Waals surface area contributed by atoms with Crippen LogP contribution in [0.25, 0.3) is 11.3 Å². The molecule has 2 aromatic heterocycles. The largest absolute Gasteiger partial charge is 0.460 e. The number of benzene rings is 2. The lowest BCUT2D eigenvalue weighted by molar-refractivity contribution is 0.0982. The second-order valence-electron chi connectivity index (χ2n) is 6.66. The molecule has 0 saturated heterocycles. The molecule has 0 aliphatic rings. The zero-order valence-corrected chi connectivity index (χ0v) is 18.1. The van der Waals surface area contributed by atoms with Crippen molar-refractivity contribution in [1.82, 2.24) is 0 Å². The molecule has 30 heavy (non-hydrogen) atoms. The fraction of sp³-hybridized carbons (Fsp3) is 0.0870. The predicted octanol–water partition coefficient (Wildman–Crippen LogP) is 6.45. The Hall–Kier alpha value is -2.67. The molecular formula is C23H17ClO4S2. The smallest absolute Gasteiger partial charge is 0.188 e. The number of halogens is 1. The van der Waals surface area contributed by atoms with Crippen LogP contribution in [0.1, 0.15) is 27.1 Å². The quantitative estimate of drug-likeness (QED) is 0.300. The summed E-state index contributed by atoms with van der Waals surface area (Å²) in [7, 11) is -3.85. The maximum absolute atomic E-state index is 13.4. The number of ketones is 1. The van der Waals surface area contributed by atoms with Gasteiger partial charge in [0.2, 0.25) is 0 Å². The number of carbonyl (C=O) groups is 1. The van der Waals surface area contributed by atoms with E-state index in [0.717, 1.165) is 5.56 Å². The minimum Gasteiger partial charge on any atom is -0.460 e. The number of hydrogen-bond donors (Lipinski definition) is 0. The molecule has 0 bridgehead atoms. The third-order valence-corrected chi connectivity index (χ3v) is 7.93. The van der Waals surface area contributed by atoms with Crippen LogP contribution < -0.4 is 0 Å². The van der Waals surface area contributed by atoms with E-state index >= 15 is 0 Å². The van der Waals surface area contributed by atoms with Crippen LogP contribution in [-0.4, -0.2) is 14.2 Å². The van der Waals surface area contributed by atoms with Gasteiger partial charge in [0.15, 0.2) is 15.6 Å². The van der Waals surface area contributed by atoms with Crippen molar-refractivity contribution in [3.8, 4) is 11.3 Å². The van der Waals surface area contributed by atoms with E-state index in [4.69, 9.17) is 16.0 Å². The molecule has 2 heterocycles. The molecule has 0 aliphatic heterocycles. The van der Waals surface area contributed by atoms with Crippen molar-refractivity contribution >= 4 is 38.6 Å². The Morgan fingerprint density at radius 3 is 2.33 bits per heavy atom.